The molecule has 0 aromatic heterocycles. The minimum Gasteiger partial charge on any atom is -0.353 e. The largest absolute Gasteiger partial charge is 0.353 e. The molecule has 0 bridgehead atoms. The summed E-state index contributed by atoms with van der Waals surface area (Å²) in [6.07, 6.45) is 3.28. The van der Waals surface area contributed by atoms with E-state index in [-0.39, 0.29) is 11.9 Å². The molecule has 1 fully saturated rings. The van der Waals surface area contributed by atoms with Crippen LogP contribution in [0.5, 0.6) is 0 Å². The number of benzene rings is 1. The maximum atomic E-state index is 6.06. The van der Waals surface area contributed by atoms with Gasteiger partial charge in [-0.25, -0.2) is 0 Å². The maximum Gasteiger partial charge on any atom is 0.158 e. The molecule has 1 aliphatic rings. The molecule has 1 heterocycles. The molecular weight excluding hydrogens is 212 g/mol. The molecule has 0 saturated carbocycles. The summed E-state index contributed by atoms with van der Waals surface area (Å²) < 4.78 is 11.7. The molecule has 1 aromatic carbocycles. The van der Waals surface area contributed by atoms with Crippen molar-refractivity contribution < 1.29 is 9.47 Å². The lowest BCUT2D eigenvalue weighted by Crippen LogP contribution is -2.32. The molecule has 1 radical (unpaired) electrons. The second-order valence-corrected chi connectivity index (χ2v) is 5.12. The molecule has 1 aromatic rings. The molecule has 93 valence electrons. The highest BCUT2D eigenvalue weighted by atomic mass is 16.7. The lowest BCUT2D eigenvalue weighted by Gasteiger charge is -2.33. The number of hydrogen-bond donors (Lipinski definition) is 0. The summed E-state index contributed by atoms with van der Waals surface area (Å²) in [6, 6.07) is 8.18. The summed E-state index contributed by atoms with van der Waals surface area (Å²) in [7, 11) is 0. The van der Waals surface area contributed by atoms with Gasteiger partial charge in [0.2, 0.25) is 0 Å². The van der Waals surface area contributed by atoms with Crippen molar-refractivity contribution in [2.75, 3.05) is 6.61 Å². The van der Waals surface area contributed by atoms with Gasteiger partial charge in [0.15, 0.2) is 6.29 Å². The first-order chi connectivity index (χ1) is 8.08. The molecule has 0 spiro atoms. The summed E-state index contributed by atoms with van der Waals surface area (Å²) in [4.78, 5) is 0. The van der Waals surface area contributed by atoms with E-state index < -0.39 is 0 Å². The Balaban J connectivity index is 2.04. The van der Waals surface area contributed by atoms with E-state index in [1.165, 1.54) is 12.0 Å². The van der Waals surface area contributed by atoms with Crippen molar-refractivity contribution >= 4 is 0 Å². The Hall–Kier alpha value is -0.860. The molecule has 1 unspecified atom stereocenters. The average molecular weight is 233 g/mol. The van der Waals surface area contributed by atoms with E-state index in [0.717, 1.165) is 25.0 Å². The van der Waals surface area contributed by atoms with Crippen LogP contribution < -0.4 is 0 Å². The Bertz CT molecular complexity index is 348. The first-order valence-electron chi connectivity index (χ1n) is 6.30. The van der Waals surface area contributed by atoms with Crippen LogP contribution in [0.2, 0.25) is 0 Å². The molecular formula is C15H21O2. The third-order valence-corrected chi connectivity index (χ3v) is 3.21. The molecule has 2 nitrogen and oxygen atoms in total. The van der Waals surface area contributed by atoms with Crippen LogP contribution in [0, 0.1) is 6.92 Å². The van der Waals surface area contributed by atoms with Crippen molar-refractivity contribution in [3.05, 3.63) is 42.3 Å². The van der Waals surface area contributed by atoms with E-state index in [1.54, 1.807) is 0 Å². The fourth-order valence-electron chi connectivity index (χ4n) is 2.11. The van der Waals surface area contributed by atoms with Crippen molar-refractivity contribution in [1.82, 2.24) is 0 Å². The van der Waals surface area contributed by atoms with Gasteiger partial charge in [0.05, 0.1) is 5.60 Å². The van der Waals surface area contributed by atoms with Gasteiger partial charge >= 0.3 is 0 Å². The zero-order valence-electron chi connectivity index (χ0n) is 10.7. The topological polar surface area (TPSA) is 18.5 Å². The number of ether oxygens (including phenoxy) is 2. The van der Waals surface area contributed by atoms with Gasteiger partial charge in [-0.15, -0.1) is 0 Å². The van der Waals surface area contributed by atoms with Crippen LogP contribution in [-0.4, -0.2) is 12.9 Å². The first kappa shape index (κ1) is 12.6. The van der Waals surface area contributed by atoms with Crippen LogP contribution in [0.4, 0.5) is 0 Å². The summed E-state index contributed by atoms with van der Waals surface area (Å²) in [6.45, 7) is 8.88. The van der Waals surface area contributed by atoms with Crippen LogP contribution in [0.25, 0.3) is 0 Å². The van der Waals surface area contributed by atoms with Gasteiger partial charge < -0.3 is 9.47 Å². The Morgan fingerprint density at radius 2 is 1.94 bits per heavy atom. The van der Waals surface area contributed by atoms with Crippen LogP contribution in [0.1, 0.15) is 44.2 Å². The van der Waals surface area contributed by atoms with Crippen molar-refractivity contribution in [3.8, 4) is 0 Å². The molecule has 1 aliphatic heterocycles. The molecule has 17 heavy (non-hydrogen) atoms. The smallest absolute Gasteiger partial charge is 0.158 e. The Morgan fingerprint density at radius 1 is 1.24 bits per heavy atom. The van der Waals surface area contributed by atoms with Gasteiger partial charge in [0.1, 0.15) is 0 Å². The first-order valence-corrected chi connectivity index (χ1v) is 6.30. The maximum absolute atomic E-state index is 6.06. The van der Waals surface area contributed by atoms with E-state index in [2.05, 4.69) is 32.9 Å². The fraction of sp³-hybridized carbons (Fsp3) is 0.533. The molecule has 2 heteroatoms. The van der Waals surface area contributed by atoms with Crippen LogP contribution in [0.15, 0.2) is 24.3 Å². The van der Waals surface area contributed by atoms with Crippen LogP contribution in [0.3, 0.4) is 0 Å². The summed E-state index contributed by atoms with van der Waals surface area (Å²) >= 11 is 0. The average Bonchev–Trinajstić information content (AvgIpc) is 2.30. The van der Waals surface area contributed by atoms with Crippen molar-refractivity contribution in [1.29, 1.82) is 0 Å². The van der Waals surface area contributed by atoms with Gasteiger partial charge in [-0.1, -0.05) is 24.3 Å². The quantitative estimate of drug-likeness (QED) is 0.793. The van der Waals surface area contributed by atoms with E-state index >= 15 is 0 Å². The van der Waals surface area contributed by atoms with Gasteiger partial charge in [-0.2, -0.15) is 0 Å². The molecule has 0 amide bonds. The van der Waals surface area contributed by atoms with E-state index in [9.17, 15) is 0 Å². The van der Waals surface area contributed by atoms with Crippen LogP contribution >= 0.6 is 0 Å². The Labute approximate surface area is 104 Å². The predicted octanol–water partition coefficient (Wildman–Crippen LogP) is 3.65. The van der Waals surface area contributed by atoms with E-state index in [0.29, 0.717) is 0 Å². The Morgan fingerprint density at radius 3 is 2.53 bits per heavy atom. The fourth-order valence-corrected chi connectivity index (χ4v) is 2.11. The van der Waals surface area contributed by atoms with E-state index in [4.69, 9.17) is 9.47 Å². The molecule has 2 rings (SSSR count). The zero-order valence-corrected chi connectivity index (χ0v) is 10.7. The van der Waals surface area contributed by atoms with Crippen molar-refractivity contribution in [3.63, 3.8) is 0 Å². The van der Waals surface area contributed by atoms with Gasteiger partial charge in [0.25, 0.3) is 0 Å². The number of rotatable bonds is 3. The third kappa shape index (κ3) is 3.30. The lowest BCUT2D eigenvalue weighted by molar-refractivity contribution is -0.219. The number of hydrogen-bond acceptors (Lipinski definition) is 2. The molecule has 1 atom stereocenters. The highest BCUT2D eigenvalue weighted by molar-refractivity contribution is 5.27. The Kier molecular flexibility index (Phi) is 3.85. The highest BCUT2D eigenvalue weighted by Gasteiger charge is 2.27. The normalized spacial score (nSPS) is 21.5. The second kappa shape index (κ2) is 5.19. The van der Waals surface area contributed by atoms with Crippen molar-refractivity contribution in [2.45, 2.75) is 45.0 Å². The minimum atomic E-state index is -0.310. The summed E-state index contributed by atoms with van der Waals surface area (Å²) in [5.74, 6) is 0. The van der Waals surface area contributed by atoms with Crippen molar-refractivity contribution in [2.24, 2.45) is 0 Å². The monoisotopic (exact) mass is 233 g/mol. The second-order valence-electron chi connectivity index (χ2n) is 5.12. The van der Waals surface area contributed by atoms with Gasteiger partial charge in [-0.3, -0.25) is 0 Å². The van der Waals surface area contributed by atoms with Gasteiger partial charge in [-0.05, 0) is 51.2 Å². The standard InChI is InChI=1S/C15H21O2/c1-12-7-9-13(10-8-12)15(2,3)17-14-6-4-5-11-16-14/h7-10,14H,1,4-6,11H2,2-3H3. The van der Waals surface area contributed by atoms with E-state index in [1.807, 2.05) is 12.1 Å². The van der Waals surface area contributed by atoms with Gasteiger partial charge in [0, 0.05) is 6.61 Å². The summed E-state index contributed by atoms with van der Waals surface area (Å²) in [5.41, 5.74) is 1.88. The lowest BCUT2D eigenvalue weighted by atomic mass is 9.97. The summed E-state index contributed by atoms with van der Waals surface area (Å²) in [5, 5.41) is 0. The third-order valence-electron chi connectivity index (χ3n) is 3.21. The molecule has 0 aliphatic carbocycles. The SMILES string of the molecule is [CH2]c1ccc(C(C)(C)OC2CCCCO2)cc1. The molecule has 0 N–H and O–H groups in total. The molecule has 1 saturated heterocycles. The minimum absolute atomic E-state index is 0.0572. The van der Waals surface area contributed by atoms with Crippen LogP contribution in [-0.2, 0) is 15.1 Å². The zero-order chi connectivity index (χ0) is 12.3. The highest BCUT2D eigenvalue weighted by Crippen LogP contribution is 2.29. The predicted molar refractivity (Wildman–Crippen MR) is 68.6 cm³/mol.